The lowest BCUT2D eigenvalue weighted by Crippen LogP contribution is -2.40. The number of sulfonamides is 1. The van der Waals surface area contributed by atoms with Crippen molar-refractivity contribution in [2.75, 3.05) is 5.88 Å². The summed E-state index contributed by atoms with van der Waals surface area (Å²) in [5, 5.41) is 0. The van der Waals surface area contributed by atoms with Gasteiger partial charge in [-0.1, -0.05) is 0 Å². The second-order valence-corrected chi connectivity index (χ2v) is 8.69. The van der Waals surface area contributed by atoms with Crippen LogP contribution in [0.15, 0.2) is 29.2 Å². The zero-order chi connectivity index (χ0) is 16.3. The van der Waals surface area contributed by atoms with Gasteiger partial charge in [-0.2, -0.15) is 0 Å². The van der Waals surface area contributed by atoms with Gasteiger partial charge < -0.3 is 4.74 Å². The minimum atomic E-state index is -3.52. The van der Waals surface area contributed by atoms with Gasteiger partial charge in [-0.3, -0.25) is 0 Å². The molecule has 1 rings (SSSR count). The molecule has 1 N–H and O–H groups in total. The van der Waals surface area contributed by atoms with Gasteiger partial charge in [0.2, 0.25) is 10.0 Å². The van der Waals surface area contributed by atoms with Crippen LogP contribution in [-0.4, -0.2) is 25.4 Å². The van der Waals surface area contributed by atoms with E-state index >= 15 is 0 Å². The maximum atomic E-state index is 12.2. The number of hydrogen-bond donors (Lipinski definition) is 1. The van der Waals surface area contributed by atoms with Crippen molar-refractivity contribution in [2.24, 2.45) is 0 Å². The maximum Gasteiger partial charge on any atom is 0.241 e. The van der Waals surface area contributed by atoms with Crippen LogP contribution in [0.2, 0.25) is 0 Å². The molecular formula is C15H24ClNO3S. The van der Waals surface area contributed by atoms with E-state index in [4.69, 9.17) is 16.3 Å². The van der Waals surface area contributed by atoms with Crippen LogP contribution < -0.4 is 9.46 Å². The predicted octanol–water partition coefficient (Wildman–Crippen LogP) is 3.55. The number of rotatable bonds is 6. The third-order valence-electron chi connectivity index (χ3n) is 2.67. The van der Waals surface area contributed by atoms with Crippen LogP contribution in [0.3, 0.4) is 0 Å². The molecule has 0 radical (unpaired) electrons. The van der Waals surface area contributed by atoms with Crippen molar-refractivity contribution in [3.8, 4) is 5.75 Å². The Morgan fingerprint density at radius 2 is 1.62 bits per heavy atom. The van der Waals surface area contributed by atoms with Crippen LogP contribution in [0.25, 0.3) is 0 Å². The maximum absolute atomic E-state index is 12.2. The Bertz CT molecular complexity index is 560. The van der Waals surface area contributed by atoms with Gasteiger partial charge in [-0.25, -0.2) is 13.1 Å². The zero-order valence-electron chi connectivity index (χ0n) is 13.2. The lowest BCUT2D eigenvalue weighted by atomic mass is 10.1. The fourth-order valence-corrected chi connectivity index (χ4v) is 3.62. The highest BCUT2D eigenvalue weighted by Gasteiger charge is 2.23. The Morgan fingerprint density at radius 3 is 2.05 bits per heavy atom. The van der Waals surface area contributed by atoms with Gasteiger partial charge in [0, 0.05) is 17.8 Å². The number of benzene rings is 1. The van der Waals surface area contributed by atoms with E-state index in [9.17, 15) is 8.42 Å². The number of halogens is 1. The van der Waals surface area contributed by atoms with Crippen LogP contribution in [0.4, 0.5) is 0 Å². The molecule has 0 aliphatic heterocycles. The van der Waals surface area contributed by atoms with Crippen molar-refractivity contribution in [3.05, 3.63) is 24.3 Å². The molecule has 6 heteroatoms. The fourth-order valence-electron chi connectivity index (χ4n) is 1.75. The molecule has 0 unspecified atom stereocenters. The van der Waals surface area contributed by atoms with Gasteiger partial charge in [0.1, 0.15) is 11.4 Å². The molecule has 1 aromatic rings. The molecule has 0 aliphatic carbocycles. The average molecular weight is 334 g/mol. The lowest BCUT2D eigenvalue weighted by Gasteiger charge is -2.26. The molecule has 0 fully saturated rings. The third-order valence-corrected chi connectivity index (χ3v) is 4.63. The highest BCUT2D eigenvalue weighted by Crippen LogP contribution is 2.23. The normalized spacial score (nSPS) is 13.2. The summed E-state index contributed by atoms with van der Waals surface area (Å²) in [7, 11) is -3.52. The van der Waals surface area contributed by atoms with Gasteiger partial charge in [0.25, 0.3) is 0 Å². The molecule has 21 heavy (non-hydrogen) atoms. The van der Waals surface area contributed by atoms with Crippen molar-refractivity contribution in [3.63, 3.8) is 0 Å². The smallest absolute Gasteiger partial charge is 0.241 e. The summed E-state index contributed by atoms with van der Waals surface area (Å²) in [6.07, 6.45) is 0.709. The zero-order valence-corrected chi connectivity index (χ0v) is 14.8. The van der Waals surface area contributed by atoms with Crippen molar-refractivity contribution in [1.82, 2.24) is 4.72 Å². The second-order valence-electron chi connectivity index (χ2n) is 6.63. The van der Waals surface area contributed by atoms with E-state index in [1.54, 1.807) is 45.0 Å². The van der Waals surface area contributed by atoms with E-state index in [-0.39, 0.29) is 10.5 Å². The van der Waals surface area contributed by atoms with Crippen LogP contribution in [0, 0.1) is 0 Å². The first-order valence-electron chi connectivity index (χ1n) is 6.84. The Morgan fingerprint density at radius 1 is 1.10 bits per heavy atom. The molecule has 0 saturated carbocycles. The summed E-state index contributed by atoms with van der Waals surface area (Å²) in [5.41, 5.74) is -0.901. The standard InChI is InChI=1S/C15H24ClNO3S/c1-14(2,3)17-21(18,19)13-8-6-12(7-9-13)20-15(4,5)10-11-16/h6-9,17H,10-11H2,1-5H3. The van der Waals surface area contributed by atoms with Gasteiger partial charge in [-0.05, 0) is 58.9 Å². The van der Waals surface area contributed by atoms with Crippen molar-refractivity contribution in [2.45, 2.75) is 57.1 Å². The molecule has 0 aromatic heterocycles. The largest absolute Gasteiger partial charge is 0.488 e. The van der Waals surface area contributed by atoms with Crippen molar-refractivity contribution < 1.29 is 13.2 Å². The lowest BCUT2D eigenvalue weighted by molar-refractivity contribution is 0.106. The average Bonchev–Trinajstić information content (AvgIpc) is 2.25. The van der Waals surface area contributed by atoms with Crippen LogP contribution in [0.1, 0.15) is 41.0 Å². The van der Waals surface area contributed by atoms with Crippen LogP contribution in [0.5, 0.6) is 5.75 Å². The second kappa shape index (κ2) is 6.55. The Labute approximate surface area is 132 Å². The summed E-state index contributed by atoms with van der Waals surface area (Å²) in [4.78, 5) is 0.222. The summed E-state index contributed by atoms with van der Waals surface area (Å²) in [6.45, 7) is 9.30. The van der Waals surface area contributed by atoms with E-state index < -0.39 is 15.6 Å². The van der Waals surface area contributed by atoms with E-state index in [2.05, 4.69) is 4.72 Å². The molecule has 0 heterocycles. The first-order chi connectivity index (χ1) is 9.45. The summed E-state index contributed by atoms with van der Waals surface area (Å²) >= 11 is 5.73. The molecule has 0 spiro atoms. The minimum absolute atomic E-state index is 0.222. The van der Waals surface area contributed by atoms with E-state index in [1.807, 2.05) is 13.8 Å². The van der Waals surface area contributed by atoms with E-state index in [0.29, 0.717) is 18.1 Å². The summed E-state index contributed by atoms with van der Waals surface area (Å²) in [5.74, 6) is 1.13. The minimum Gasteiger partial charge on any atom is -0.488 e. The van der Waals surface area contributed by atoms with Crippen LogP contribution >= 0.6 is 11.6 Å². The summed E-state index contributed by atoms with van der Waals surface area (Å²) < 4.78 is 32.8. The number of alkyl halides is 1. The molecule has 0 amide bonds. The molecule has 0 bridgehead atoms. The quantitative estimate of drug-likeness (QED) is 0.810. The number of ether oxygens (including phenoxy) is 1. The molecular weight excluding hydrogens is 310 g/mol. The van der Waals surface area contributed by atoms with Gasteiger partial charge >= 0.3 is 0 Å². The molecule has 4 nitrogen and oxygen atoms in total. The molecule has 1 aromatic carbocycles. The molecule has 0 aliphatic rings. The molecule has 120 valence electrons. The Kier molecular flexibility index (Phi) is 5.69. The Balaban J connectivity index is 2.88. The van der Waals surface area contributed by atoms with E-state index in [1.165, 1.54) is 0 Å². The highest BCUT2D eigenvalue weighted by atomic mass is 35.5. The van der Waals surface area contributed by atoms with Gasteiger partial charge in [0.05, 0.1) is 4.90 Å². The molecule has 0 atom stereocenters. The monoisotopic (exact) mass is 333 g/mol. The molecule has 0 saturated heterocycles. The first-order valence-corrected chi connectivity index (χ1v) is 8.86. The topological polar surface area (TPSA) is 55.4 Å². The third kappa shape index (κ3) is 6.24. The number of nitrogens with one attached hydrogen (secondary N) is 1. The van der Waals surface area contributed by atoms with Gasteiger partial charge in [-0.15, -0.1) is 11.6 Å². The summed E-state index contributed by atoms with van der Waals surface area (Å²) in [6, 6.07) is 6.40. The van der Waals surface area contributed by atoms with E-state index in [0.717, 1.165) is 0 Å². The van der Waals surface area contributed by atoms with Crippen molar-refractivity contribution >= 4 is 21.6 Å². The van der Waals surface area contributed by atoms with Crippen molar-refractivity contribution in [1.29, 1.82) is 0 Å². The SMILES string of the molecule is CC(C)(C)NS(=O)(=O)c1ccc(OC(C)(C)CCCl)cc1. The fraction of sp³-hybridized carbons (Fsp3) is 0.600. The highest BCUT2D eigenvalue weighted by molar-refractivity contribution is 7.89. The number of hydrogen-bond acceptors (Lipinski definition) is 3. The van der Waals surface area contributed by atoms with Gasteiger partial charge in [0.15, 0.2) is 0 Å². The Hall–Kier alpha value is -0.780. The van der Waals surface area contributed by atoms with Crippen LogP contribution in [-0.2, 0) is 10.0 Å². The first kappa shape index (κ1) is 18.3. The predicted molar refractivity (Wildman–Crippen MR) is 86.6 cm³/mol.